The number of anilines is 1. The number of nitrogens with one attached hydrogen (secondary N) is 2. The van der Waals surface area contributed by atoms with Crippen LogP contribution in [0.2, 0.25) is 0 Å². The van der Waals surface area contributed by atoms with Crippen LogP contribution in [0.3, 0.4) is 0 Å². The first-order valence-corrected chi connectivity index (χ1v) is 5.34. The summed E-state index contributed by atoms with van der Waals surface area (Å²) in [6, 6.07) is 7.71. The third kappa shape index (κ3) is 3.49. The molecule has 0 saturated carbocycles. The van der Waals surface area contributed by atoms with Gasteiger partial charge in [-0.25, -0.2) is 0 Å². The number of benzene rings is 1. The van der Waals surface area contributed by atoms with Crippen LogP contribution in [0.25, 0.3) is 5.57 Å². The number of halogens is 2. The molecular weight excluding hydrogens is 270 g/mol. The molecule has 2 N–H and O–H groups in total. The third-order valence-electron chi connectivity index (χ3n) is 2.17. The lowest BCUT2D eigenvalue weighted by molar-refractivity contribution is -0.0498. The highest BCUT2D eigenvalue weighted by molar-refractivity contribution is 5.74. The predicted molar refractivity (Wildman–Crippen MR) is 64.5 cm³/mol. The van der Waals surface area contributed by atoms with Crippen molar-refractivity contribution in [3.05, 3.63) is 36.3 Å². The molecule has 0 aliphatic carbocycles. The standard InChI is InChI=1S/C11H8F2N6O/c12-11(13)20-9-3-1-8(2-4-9)15-6-7(5-14)10-16-18-19-17-10/h1-4,6,11,15H,(H,16,17,18,19). The van der Waals surface area contributed by atoms with Crippen molar-refractivity contribution in [1.29, 1.82) is 5.26 Å². The lowest BCUT2D eigenvalue weighted by Crippen LogP contribution is -2.01. The summed E-state index contributed by atoms with van der Waals surface area (Å²) in [6.07, 6.45) is 1.38. The Kier molecular flexibility index (Phi) is 4.18. The van der Waals surface area contributed by atoms with Gasteiger partial charge < -0.3 is 10.1 Å². The summed E-state index contributed by atoms with van der Waals surface area (Å²) >= 11 is 0. The zero-order chi connectivity index (χ0) is 14.4. The molecule has 0 amide bonds. The Hall–Kier alpha value is -3.02. The van der Waals surface area contributed by atoms with Crippen LogP contribution in [-0.2, 0) is 0 Å². The van der Waals surface area contributed by atoms with Crippen LogP contribution in [0.4, 0.5) is 14.5 Å². The van der Waals surface area contributed by atoms with E-state index in [1.54, 1.807) is 0 Å². The number of hydrogen-bond acceptors (Lipinski definition) is 6. The van der Waals surface area contributed by atoms with Crippen LogP contribution >= 0.6 is 0 Å². The van der Waals surface area contributed by atoms with Gasteiger partial charge >= 0.3 is 6.61 Å². The number of rotatable bonds is 5. The topological polar surface area (TPSA) is 99.5 Å². The average molecular weight is 278 g/mol. The smallest absolute Gasteiger partial charge is 0.387 e. The van der Waals surface area contributed by atoms with Crippen molar-refractivity contribution < 1.29 is 13.5 Å². The van der Waals surface area contributed by atoms with Crippen molar-refractivity contribution in [3.8, 4) is 11.8 Å². The van der Waals surface area contributed by atoms with Crippen LogP contribution in [0.5, 0.6) is 5.75 Å². The number of aromatic amines is 1. The maximum Gasteiger partial charge on any atom is 0.387 e. The van der Waals surface area contributed by atoms with Gasteiger partial charge in [0.05, 0.1) is 0 Å². The van der Waals surface area contributed by atoms with E-state index in [-0.39, 0.29) is 17.1 Å². The second-order valence-electron chi connectivity index (χ2n) is 3.45. The second kappa shape index (κ2) is 6.24. The molecule has 0 radical (unpaired) electrons. The summed E-state index contributed by atoms with van der Waals surface area (Å²) in [6.45, 7) is -2.86. The molecule has 9 heteroatoms. The molecule has 0 saturated heterocycles. The number of allylic oxidation sites excluding steroid dienone is 1. The molecule has 2 aromatic rings. The van der Waals surface area contributed by atoms with Crippen LogP contribution < -0.4 is 10.1 Å². The quantitative estimate of drug-likeness (QED) is 0.809. The van der Waals surface area contributed by atoms with Crippen molar-refractivity contribution in [2.75, 3.05) is 5.32 Å². The molecule has 7 nitrogen and oxygen atoms in total. The third-order valence-corrected chi connectivity index (χ3v) is 2.17. The van der Waals surface area contributed by atoms with Gasteiger partial charge in [0.1, 0.15) is 17.4 Å². The Bertz CT molecular complexity index is 617. The van der Waals surface area contributed by atoms with E-state index in [0.29, 0.717) is 5.69 Å². The number of hydrogen-bond donors (Lipinski definition) is 2. The van der Waals surface area contributed by atoms with E-state index < -0.39 is 6.61 Å². The van der Waals surface area contributed by atoms with Gasteiger partial charge in [-0.05, 0) is 29.5 Å². The molecule has 1 aromatic carbocycles. The van der Waals surface area contributed by atoms with Crippen molar-refractivity contribution in [2.45, 2.75) is 6.61 Å². The first-order valence-electron chi connectivity index (χ1n) is 5.34. The highest BCUT2D eigenvalue weighted by atomic mass is 19.3. The zero-order valence-corrected chi connectivity index (χ0v) is 9.92. The number of nitriles is 1. The number of alkyl halides is 2. The molecule has 0 atom stereocenters. The Morgan fingerprint density at radius 2 is 2.15 bits per heavy atom. The summed E-state index contributed by atoms with van der Waals surface area (Å²) in [7, 11) is 0. The summed E-state index contributed by atoms with van der Waals surface area (Å²) in [4.78, 5) is 0. The van der Waals surface area contributed by atoms with E-state index in [9.17, 15) is 8.78 Å². The van der Waals surface area contributed by atoms with Gasteiger partial charge in [0.2, 0.25) is 5.82 Å². The highest BCUT2D eigenvalue weighted by Gasteiger charge is 2.06. The number of H-pyrrole nitrogens is 1. The summed E-state index contributed by atoms with van der Waals surface area (Å²) < 4.78 is 28.2. The number of aromatic nitrogens is 4. The van der Waals surface area contributed by atoms with Gasteiger partial charge in [0, 0.05) is 11.9 Å². The molecule has 1 aromatic heterocycles. The minimum absolute atomic E-state index is 0.0493. The number of nitrogens with zero attached hydrogens (tertiary/aromatic N) is 4. The Morgan fingerprint density at radius 1 is 1.40 bits per heavy atom. The van der Waals surface area contributed by atoms with E-state index in [0.717, 1.165) is 0 Å². The van der Waals surface area contributed by atoms with Crippen LogP contribution in [0, 0.1) is 11.3 Å². The Morgan fingerprint density at radius 3 is 2.70 bits per heavy atom. The molecule has 0 unspecified atom stereocenters. The second-order valence-corrected chi connectivity index (χ2v) is 3.45. The predicted octanol–water partition coefficient (Wildman–Crippen LogP) is 1.78. The van der Waals surface area contributed by atoms with Gasteiger partial charge in [-0.15, -0.1) is 10.2 Å². The van der Waals surface area contributed by atoms with Crippen molar-refractivity contribution in [2.24, 2.45) is 0 Å². The maximum atomic E-state index is 12.0. The fourth-order valence-corrected chi connectivity index (χ4v) is 1.31. The maximum absolute atomic E-state index is 12.0. The van der Waals surface area contributed by atoms with Gasteiger partial charge in [0.15, 0.2) is 0 Å². The lowest BCUT2D eigenvalue weighted by Gasteiger charge is -2.05. The Balaban J connectivity index is 2.05. The lowest BCUT2D eigenvalue weighted by atomic mass is 10.3. The van der Waals surface area contributed by atoms with E-state index in [4.69, 9.17) is 5.26 Å². The van der Waals surface area contributed by atoms with Gasteiger partial charge in [-0.3, -0.25) is 0 Å². The van der Waals surface area contributed by atoms with E-state index in [2.05, 4.69) is 30.7 Å². The van der Waals surface area contributed by atoms with E-state index >= 15 is 0 Å². The number of ether oxygens (including phenoxy) is 1. The molecule has 102 valence electrons. The van der Waals surface area contributed by atoms with E-state index in [1.165, 1.54) is 30.5 Å². The molecule has 1 heterocycles. The molecule has 2 rings (SSSR count). The molecule has 0 bridgehead atoms. The van der Waals surface area contributed by atoms with Crippen LogP contribution in [0.1, 0.15) is 5.82 Å². The fraction of sp³-hybridized carbons (Fsp3) is 0.0909. The first kappa shape index (κ1) is 13.4. The van der Waals surface area contributed by atoms with Gasteiger partial charge in [0.25, 0.3) is 0 Å². The number of tetrazole rings is 1. The molecule has 20 heavy (non-hydrogen) atoms. The largest absolute Gasteiger partial charge is 0.435 e. The SMILES string of the molecule is N#CC(=CNc1ccc(OC(F)F)cc1)c1nn[nH]n1. The summed E-state index contributed by atoms with van der Waals surface area (Å²) in [5.74, 6) is 0.200. The van der Waals surface area contributed by atoms with Crippen molar-refractivity contribution >= 4 is 11.3 Å². The van der Waals surface area contributed by atoms with Gasteiger partial charge in [-0.2, -0.15) is 19.3 Å². The fourth-order valence-electron chi connectivity index (χ4n) is 1.31. The molecule has 0 fully saturated rings. The van der Waals surface area contributed by atoms with Crippen molar-refractivity contribution in [3.63, 3.8) is 0 Å². The van der Waals surface area contributed by atoms with Crippen LogP contribution in [-0.4, -0.2) is 27.2 Å². The van der Waals surface area contributed by atoms with Gasteiger partial charge in [-0.1, -0.05) is 0 Å². The first-order chi connectivity index (χ1) is 9.69. The zero-order valence-electron chi connectivity index (χ0n) is 9.92. The van der Waals surface area contributed by atoms with Crippen molar-refractivity contribution in [1.82, 2.24) is 20.6 Å². The Labute approximate surface area is 111 Å². The molecular formula is C11H8F2N6O. The minimum atomic E-state index is -2.86. The molecule has 0 aliphatic rings. The monoisotopic (exact) mass is 278 g/mol. The van der Waals surface area contributed by atoms with Crippen LogP contribution in [0.15, 0.2) is 30.5 Å². The molecule has 0 spiro atoms. The average Bonchev–Trinajstić information content (AvgIpc) is 2.95. The summed E-state index contributed by atoms with van der Waals surface area (Å²) in [5, 5.41) is 24.7. The minimum Gasteiger partial charge on any atom is -0.435 e. The normalized spacial score (nSPS) is 11.2. The summed E-state index contributed by atoms with van der Waals surface area (Å²) in [5.41, 5.74) is 0.759. The molecule has 0 aliphatic heterocycles. The van der Waals surface area contributed by atoms with E-state index in [1.807, 2.05) is 6.07 Å². The highest BCUT2D eigenvalue weighted by Crippen LogP contribution is 2.18.